The van der Waals surface area contributed by atoms with E-state index >= 15 is 0 Å². The Balaban J connectivity index is 0.787. The molecule has 10 rings (SSSR count). The van der Waals surface area contributed by atoms with E-state index in [1.807, 2.05) is 20.8 Å². The third-order valence-corrected chi connectivity index (χ3v) is 19.8. The van der Waals surface area contributed by atoms with Crippen molar-refractivity contribution in [3.05, 3.63) is 36.0 Å². The Morgan fingerprint density at radius 2 is 1.51 bits per heavy atom. The summed E-state index contributed by atoms with van der Waals surface area (Å²) >= 11 is 0. The van der Waals surface area contributed by atoms with Crippen LogP contribution in [0.25, 0.3) is 0 Å². The average molecular weight is 1060 g/mol. The molecule has 0 saturated carbocycles. The lowest BCUT2D eigenvalue weighted by Gasteiger charge is -2.61. The van der Waals surface area contributed by atoms with Crippen LogP contribution in [0.5, 0.6) is 0 Å². The lowest BCUT2D eigenvalue weighted by Crippen LogP contribution is -2.74. The highest BCUT2D eigenvalue weighted by atomic mass is 16.6. The summed E-state index contributed by atoms with van der Waals surface area (Å²) in [5.41, 5.74) is -0.952. The third-order valence-electron chi connectivity index (χ3n) is 19.8. The Bertz CT molecular complexity index is 2100. The van der Waals surface area contributed by atoms with E-state index in [0.717, 1.165) is 17.6 Å². The van der Waals surface area contributed by atoms with Crippen molar-refractivity contribution in [1.82, 2.24) is 0 Å². The van der Waals surface area contributed by atoms with E-state index in [9.17, 15) is 30.3 Å². The highest BCUT2D eigenvalue weighted by Gasteiger charge is 2.65. The average Bonchev–Trinajstić information content (AvgIpc) is 3.59. The molecule has 0 unspecified atom stereocenters. The van der Waals surface area contributed by atoms with Crippen LogP contribution in [0.1, 0.15) is 159 Å². The summed E-state index contributed by atoms with van der Waals surface area (Å²) in [5.74, 6) is -0.742. The van der Waals surface area contributed by atoms with Crippen molar-refractivity contribution in [3.8, 4) is 0 Å². The molecule has 10 aliphatic heterocycles. The molecule has 10 heterocycles. The van der Waals surface area contributed by atoms with Crippen molar-refractivity contribution < 1.29 is 77.7 Å². The predicted molar refractivity (Wildman–Crippen MR) is 276 cm³/mol. The number of aliphatic carboxylic acids is 1. The van der Waals surface area contributed by atoms with Gasteiger partial charge in [-0.15, -0.1) is 0 Å². The second-order valence-electron chi connectivity index (χ2n) is 26.3. The second-order valence-corrected chi connectivity index (χ2v) is 26.3. The number of rotatable bonds is 11. The molecule has 0 aromatic heterocycles. The van der Waals surface area contributed by atoms with Crippen molar-refractivity contribution in [3.63, 3.8) is 0 Å². The zero-order valence-corrected chi connectivity index (χ0v) is 46.3. The molecule has 5 N–H and O–H groups in total. The zero-order chi connectivity index (χ0) is 53.5. The maximum Gasteiger partial charge on any atom is 0.303 e. The van der Waals surface area contributed by atoms with Crippen molar-refractivity contribution in [1.29, 1.82) is 0 Å². The van der Waals surface area contributed by atoms with E-state index in [1.54, 1.807) is 0 Å². The van der Waals surface area contributed by atoms with Crippen molar-refractivity contribution in [2.75, 3.05) is 6.61 Å². The summed E-state index contributed by atoms with van der Waals surface area (Å²) in [6, 6.07) is 0. The van der Waals surface area contributed by atoms with E-state index in [1.165, 1.54) is 0 Å². The van der Waals surface area contributed by atoms with Crippen LogP contribution < -0.4 is 0 Å². The largest absolute Gasteiger partial charge is 0.481 e. The number of carboxylic acids is 1. The standard InChI is InChI=1S/C59H92O16/c1-30(18-31(2)28-60)19-42-33(4)21-48-56(7,74-42)27-46-54(71-48)55(65)59(10)50(69-46)26-45-53(75-59)32(3)12-11-13-40-39(67-45)16-17-47-57(8,72-40)29-58(9)49(70-47)25-44-41(73-58)15-14-38(62)43(68-44)24-36(61)23-37-20-34(5)52(66-37)35(6)22-51(63)64/h11-12,18,31-32,34-50,52-55,60-62,65H,4,13-17,19-29H2,1-3,5-10H3,(H,63,64)/b12-11-,30-18+/t31-,32-,34-,35+,36+,37+,38+,39-,40+,41-,42+,43-,44+,45+,46+,47+,48+,49-,50-,52+,53-,54+,55-,56-,57-,58+,59-/m1/s1. The molecule has 0 aromatic rings. The van der Waals surface area contributed by atoms with E-state index in [4.69, 9.17) is 47.4 Å². The maximum absolute atomic E-state index is 12.4. The SMILES string of the molecule is C=C1C[C@@H]2O[C@H]3[C@H](C[C@@]2(C)O[C@H]1C/C(C)=C/[C@@H](C)CO)O[C@@H]1C[C@@H]2O[C@@H]4CC[C@@H]5O[C@@H]6C[C@@H]7O[C@H](C[C@@H](O)C[C@@H]8C[C@@H](C)[C@@H]([C@@H](C)CC(=O)O)O8)[C@@H](O)CC[C@H]7O[C@@]6(C)C[C@@]5(C)O[C@H]4C/C=C\[C@@H](C)[C@H]2O[C@@]1(C)[C@@H]3O. The van der Waals surface area contributed by atoms with Gasteiger partial charge in [0, 0.05) is 44.6 Å². The molecular weight excluding hydrogens is 965 g/mol. The zero-order valence-electron chi connectivity index (χ0n) is 46.3. The van der Waals surface area contributed by atoms with Crippen molar-refractivity contribution in [2.24, 2.45) is 23.7 Å². The quantitative estimate of drug-likeness (QED) is 0.134. The van der Waals surface area contributed by atoms with Gasteiger partial charge in [0.25, 0.3) is 0 Å². The first-order valence-electron chi connectivity index (χ1n) is 29.0. The second kappa shape index (κ2) is 21.9. The monoisotopic (exact) mass is 1060 g/mol. The minimum absolute atomic E-state index is 0.0214. The number of aliphatic hydroxyl groups is 4. The lowest BCUT2D eigenvalue weighted by molar-refractivity contribution is -0.369. The maximum atomic E-state index is 12.4. The van der Waals surface area contributed by atoms with Gasteiger partial charge in [-0.1, -0.05) is 58.1 Å². The first-order chi connectivity index (χ1) is 35.5. The van der Waals surface area contributed by atoms with Crippen LogP contribution in [-0.4, -0.2) is 176 Å². The molecule has 0 aromatic carbocycles. The van der Waals surface area contributed by atoms with Gasteiger partial charge in [0.2, 0.25) is 0 Å². The third kappa shape index (κ3) is 11.3. The topological polar surface area (TPSA) is 211 Å². The fourth-order valence-electron chi connectivity index (χ4n) is 15.8. The van der Waals surface area contributed by atoms with E-state index in [2.05, 4.69) is 66.3 Å². The number of fused-ring (bicyclic) bond motifs is 8. The van der Waals surface area contributed by atoms with Crippen LogP contribution in [0.4, 0.5) is 0 Å². The number of ether oxygens (including phenoxy) is 10. The van der Waals surface area contributed by atoms with Gasteiger partial charge in [-0.05, 0) is 116 Å². The Morgan fingerprint density at radius 3 is 2.27 bits per heavy atom. The Morgan fingerprint density at radius 1 is 0.773 bits per heavy atom. The molecule has 424 valence electrons. The highest BCUT2D eigenvalue weighted by molar-refractivity contribution is 5.67. The summed E-state index contributed by atoms with van der Waals surface area (Å²) in [5, 5.41) is 54.2. The van der Waals surface area contributed by atoms with Gasteiger partial charge < -0.3 is 72.9 Å². The normalized spacial score (nSPS) is 51.6. The Hall–Kier alpha value is -1.87. The number of carbonyl (C=O) groups is 1. The van der Waals surface area contributed by atoms with E-state index in [0.29, 0.717) is 77.0 Å². The predicted octanol–water partition coefficient (Wildman–Crippen LogP) is 6.84. The van der Waals surface area contributed by atoms with E-state index in [-0.39, 0.29) is 116 Å². The van der Waals surface area contributed by atoms with Crippen LogP contribution in [0.3, 0.4) is 0 Å². The van der Waals surface area contributed by atoms with Crippen LogP contribution in [0, 0.1) is 23.7 Å². The summed E-state index contributed by atoms with van der Waals surface area (Å²) in [6.07, 6.45) is 6.94. The molecule has 0 amide bonds. The fourth-order valence-corrected chi connectivity index (χ4v) is 15.8. The molecule has 0 radical (unpaired) electrons. The molecule has 75 heavy (non-hydrogen) atoms. The van der Waals surface area contributed by atoms with Gasteiger partial charge in [-0.2, -0.15) is 0 Å². The van der Waals surface area contributed by atoms with Gasteiger partial charge >= 0.3 is 5.97 Å². The molecule has 16 nitrogen and oxygen atoms in total. The summed E-state index contributed by atoms with van der Waals surface area (Å²) in [6.45, 7) is 23.1. The number of aliphatic hydroxyl groups excluding tert-OH is 4. The van der Waals surface area contributed by atoms with E-state index < -0.39 is 71.1 Å². The van der Waals surface area contributed by atoms with Crippen LogP contribution in [0.2, 0.25) is 0 Å². The number of hydrogen-bond donors (Lipinski definition) is 5. The Kier molecular flexibility index (Phi) is 16.5. The Labute approximate surface area is 445 Å². The molecule has 16 heteroatoms. The molecule has 9 saturated heterocycles. The highest BCUT2D eigenvalue weighted by Crippen LogP contribution is 2.54. The summed E-state index contributed by atoms with van der Waals surface area (Å²) < 4.78 is 69.8. The lowest BCUT2D eigenvalue weighted by atomic mass is 9.72. The van der Waals surface area contributed by atoms with Crippen LogP contribution in [0.15, 0.2) is 36.0 Å². The van der Waals surface area contributed by atoms with Crippen molar-refractivity contribution in [2.45, 2.75) is 297 Å². The van der Waals surface area contributed by atoms with Gasteiger partial charge in [-0.3, -0.25) is 4.79 Å². The van der Waals surface area contributed by atoms with Gasteiger partial charge in [0.1, 0.15) is 17.8 Å². The number of carboxylic acid groups (broad SMARTS) is 1. The molecule has 10 aliphatic rings. The molecular formula is C59H92O16. The molecule has 0 aliphatic carbocycles. The van der Waals surface area contributed by atoms with Gasteiger partial charge in [0.05, 0.1) is 127 Å². The fraction of sp³-hybridized carbons (Fsp3) is 0.881. The summed E-state index contributed by atoms with van der Waals surface area (Å²) in [4.78, 5) is 11.4. The molecule has 0 spiro atoms. The smallest absolute Gasteiger partial charge is 0.303 e. The molecule has 9 fully saturated rings. The summed E-state index contributed by atoms with van der Waals surface area (Å²) in [7, 11) is 0. The van der Waals surface area contributed by atoms with Gasteiger partial charge in [0.15, 0.2) is 0 Å². The first-order valence-corrected chi connectivity index (χ1v) is 29.0. The van der Waals surface area contributed by atoms with Crippen LogP contribution >= 0.6 is 0 Å². The minimum Gasteiger partial charge on any atom is -0.481 e. The minimum atomic E-state index is -1.05. The first kappa shape index (κ1) is 56.4. The molecule has 0 bridgehead atoms. The van der Waals surface area contributed by atoms with Crippen LogP contribution in [-0.2, 0) is 52.2 Å². The van der Waals surface area contributed by atoms with Gasteiger partial charge in [-0.25, -0.2) is 0 Å². The number of hydrogen-bond acceptors (Lipinski definition) is 15. The van der Waals surface area contributed by atoms with Crippen molar-refractivity contribution >= 4 is 5.97 Å². The molecule has 27 atom stereocenters.